The summed E-state index contributed by atoms with van der Waals surface area (Å²) in [5.74, 6) is 0.634. The molecule has 0 bridgehead atoms. The summed E-state index contributed by atoms with van der Waals surface area (Å²) in [6, 6.07) is 8.75. The number of benzene rings is 1. The van der Waals surface area contributed by atoms with E-state index in [0.717, 1.165) is 32.5 Å². The van der Waals surface area contributed by atoms with Gasteiger partial charge in [0, 0.05) is 32.0 Å². The number of hydrogen-bond acceptors (Lipinski definition) is 4. The molecule has 21 heavy (non-hydrogen) atoms. The lowest BCUT2D eigenvalue weighted by Gasteiger charge is -2.31. The summed E-state index contributed by atoms with van der Waals surface area (Å²) in [6.45, 7) is 5.31. The average Bonchev–Trinajstić information content (AvgIpc) is 2.50. The third-order valence-corrected chi connectivity index (χ3v) is 3.85. The van der Waals surface area contributed by atoms with E-state index in [4.69, 9.17) is 4.74 Å². The fourth-order valence-corrected chi connectivity index (χ4v) is 2.77. The molecular weight excluding hydrogens is 262 g/mol. The monoisotopic (exact) mass is 283 g/mol. The van der Waals surface area contributed by atoms with Gasteiger partial charge in [-0.05, 0) is 25.3 Å². The molecule has 0 aliphatic carbocycles. The Labute approximate surface area is 125 Å². The van der Waals surface area contributed by atoms with Crippen molar-refractivity contribution >= 4 is 0 Å². The van der Waals surface area contributed by atoms with Crippen LogP contribution in [0.2, 0.25) is 0 Å². The molecule has 0 radical (unpaired) electrons. The molecule has 4 heteroatoms. The molecule has 1 fully saturated rings. The van der Waals surface area contributed by atoms with Gasteiger partial charge in [-0.2, -0.15) is 0 Å². The topological polar surface area (TPSA) is 38.2 Å². The zero-order valence-corrected chi connectivity index (χ0v) is 12.4. The van der Waals surface area contributed by atoms with Crippen molar-refractivity contribution in [3.63, 3.8) is 0 Å². The second-order valence-electron chi connectivity index (χ2n) is 5.63. The van der Waals surface area contributed by atoms with Crippen LogP contribution >= 0.6 is 0 Å². The second-order valence-corrected chi connectivity index (χ2v) is 5.63. The molecule has 0 unspecified atom stereocenters. The standard InChI is InChI=1S/C17H21N3O/c1-14-3-2-4-15(11-14)13-20-9-5-16(6-10-20)21-17-12-18-7-8-19-17/h2-4,7-8,11-12,16H,5-6,9-10,13H2,1H3. The molecule has 1 saturated heterocycles. The summed E-state index contributed by atoms with van der Waals surface area (Å²) in [5, 5.41) is 0. The Kier molecular flexibility index (Phi) is 4.46. The lowest BCUT2D eigenvalue weighted by Crippen LogP contribution is -2.37. The van der Waals surface area contributed by atoms with Gasteiger partial charge in [0.2, 0.25) is 5.88 Å². The van der Waals surface area contributed by atoms with Gasteiger partial charge in [0.1, 0.15) is 6.10 Å². The van der Waals surface area contributed by atoms with Gasteiger partial charge in [0.15, 0.2) is 0 Å². The minimum Gasteiger partial charge on any atom is -0.473 e. The predicted octanol–water partition coefficient (Wildman–Crippen LogP) is 2.83. The molecule has 0 atom stereocenters. The first kappa shape index (κ1) is 14.0. The molecule has 0 N–H and O–H groups in total. The first-order chi connectivity index (χ1) is 10.3. The van der Waals surface area contributed by atoms with Gasteiger partial charge in [0.05, 0.1) is 6.20 Å². The van der Waals surface area contributed by atoms with Gasteiger partial charge in [0.25, 0.3) is 0 Å². The predicted molar refractivity (Wildman–Crippen MR) is 82.1 cm³/mol. The van der Waals surface area contributed by atoms with Gasteiger partial charge >= 0.3 is 0 Å². The lowest BCUT2D eigenvalue weighted by molar-refractivity contribution is 0.0929. The van der Waals surface area contributed by atoms with E-state index in [0.29, 0.717) is 5.88 Å². The quantitative estimate of drug-likeness (QED) is 0.865. The molecule has 110 valence electrons. The van der Waals surface area contributed by atoms with Crippen molar-refractivity contribution in [2.45, 2.75) is 32.4 Å². The van der Waals surface area contributed by atoms with Crippen LogP contribution in [0, 0.1) is 6.92 Å². The summed E-state index contributed by atoms with van der Waals surface area (Å²) in [5.41, 5.74) is 2.72. The number of ether oxygens (including phenoxy) is 1. The smallest absolute Gasteiger partial charge is 0.232 e. The maximum Gasteiger partial charge on any atom is 0.232 e. The largest absolute Gasteiger partial charge is 0.473 e. The van der Waals surface area contributed by atoms with E-state index < -0.39 is 0 Å². The molecule has 3 rings (SSSR count). The summed E-state index contributed by atoms with van der Waals surface area (Å²) in [7, 11) is 0. The fourth-order valence-electron chi connectivity index (χ4n) is 2.77. The zero-order chi connectivity index (χ0) is 14.5. The maximum atomic E-state index is 5.87. The van der Waals surface area contributed by atoms with Crippen LogP contribution in [0.1, 0.15) is 24.0 Å². The van der Waals surface area contributed by atoms with Crippen LogP contribution in [-0.2, 0) is 6.54 Å². The van der Waals surface area contributed by atoms with Crippen LogP contribution in [0.3, 0.4) is 0 Å². The Hall–Kier alpha value is -1.94. The lowest BCUT2D eigenvalue weighted by atomic mass is 10.1. The third-order valence-electron chi connectivity index (χ3n) is 3.85. The fraction of sp³-hybridized carbons (Fsp3) is 0.412. The SMILES string of the molecule is Cc1cccc(CN2CCC(Oc3cnccn3)CC2)c1. The van der Waals surface area contributed by atoms with Crippen LogP contribution in [0.25, 0.3) is 0 Å². The van der Waals surface area contributed by atoms with Crippen LogP contribution in [0.4, 0.5) is 0 Å². The molecule has 0 spiro atoms. The minimum atomic E-state index is 0.260. The molecule has 0 saturated carbocycles. The van der Waals surface area contributed by atoms with E-state index >= 15 is 0 Å². The van der Waals surface area contributed by atoms with Crippen molar-refractivity contribution in [2.75, 3.05) is 13.1 Å². The summed E-state index contributed by atoms with van der Waals surface area (Å²) >= 11 is 0. The molecule has 1 aliphatic heterocycles. The van der Waals surface area contributed by atoms with Gasteiger partial charge in [-0.15, -0.1) is 0 Å². The average molecular weight is 283 g/mol. The van der Waals surface area contributed by atoms with Crippen LogP contribution in [0.5, 0.6) is 5.88 Å². The highest BCUT2D eigenvalue weighted by Crippen LogP contribution is 2.18. The van der Waals surface area contributed by atoms with Crippen molar-refractivity contribution in [3.05, 3.63) is 54.0 Å². The highest BCUT2D eigenvalue weighted by molar-refractivity contribution is 5.22. The van der Waals surface area contributed by atoms with E-state index in [1.54, 1.807) is 18.6 Å². The maximum absolute atomic E-state index is 5.87. The highest BCUT2D eigenvalue weighted by atomic mass is 16.5. The minimum absolute atomic E-state index is 0.260. The van der Waals surface area contributed by atoms with Crippen molar-refractivity contribution in [2.24, 2.45) is 0 Å². The molecule has 2 aromatic rings. The van der Waals surface area contributed by atoms with E-state index in [1.165, 1.54) is 11.1 Å². The van der Waals surface area contributed by atoms with E-state index in [1.807, 2.05) is 0 Å². The van der Waals surface area contributed by atoms with Crippen molar-refractivity contribution < 1.29 is 4.74 Å². The molecule has 1 aromatic heterocycles. The summed E-state index contributed by atoms with van der Waals surface area (Å²) < 4.78 is 5.87. The Balaban J connectivity index is 1.49. The van der Waals surface area contributed by atoms with Crippen LogP contribution in [0.15, 0.2) is 42.9 Å². The second kappa shape index (κ2) is 6.68. The number of rotatable bonds is 4. The van der Waals surface area contributed by atoms with E-state index in [2.05, 4.69) is 46.1 Å². The van der Waals surface area contributed by atoms with Crippen molar-refractivity contribution in [1.29, 1.82) is 0 Å². The molecule has 4 nitrogen and oxygen atoms in total. The number of nitrogens with zero attached hydrogens (tertiary/aromatic N) is 3. The third kappa shape index (κ3) is 4.02. The molecule has 1 aliphatic rings. The zero-order valence-electron chi connectivity index (χ0n) is 12.4. The first-order valence-electron chi connectivity index (χ1n) is 7.50. The van der Waals surface area contributed by atoms with Crippen molar-refractivity contribution in [1.82, 2.24) is 14.9 Å². The Morgan fingerprint density at radius 3 is 2.81 bits per heavy atom. The Bertz CT molecular complexity index is 565. The van der Waals surface area contributed by atoms with Gasteiger partial charge < -0.3 is 4.74 Å². The number of hydrogen-bond donors (Lipinski definition) is 0. The molecule has 2 heterocycles. The van der Waals surface area contributed by atoms with Gasteiger partial charge in [-0.25, -0.2) is 4.98 Å². The number of aromatic nitrogens is 2. The Morgan fingerprint density at radius 2 is 2.10 bits per heavy atom. The van der Waals surface area contributed by atoms with Crippen LogP contribution < -0.4 is 4.74 Å². The van der Waals surface area contributed by atoms with Gasteiger partial charge in [-0.3, -0.25) is 9.88 Å². The number of piperidine rings is 1. The number of aryl methyl sites for hydroxylation is 1. The molecule has 0 amide bonds. The van der Waals surface area contributed by atoms with Crippen molar-refractivity contribution in [3.8, 4) is 5.88 Å². The normalized spacial score (nSPS) is 16.8. The molecular formula is C17H21N3O. The number of likely N-dealkylation sites (tertiary alicyclic amines) is 1. The highest BCUT2D eigenvalue weighted by Gasteiger charge is 2.20. The molecule has 1 aromatic carbocycles. The van der Waals surface area contributed by atoms with E-state index in [9.17, 15) is 0 Å². The first-order valence-corrected chi connectivity index (χ1v) is 7.50. The Morgan fingerprint density at radius 1 is 1.24 bits per heavy atom. The summed E-state index contributed by atoms with van der Waals surface area (Å²) in [4.78, 5) is 10.7. The van der Waals surface area contributed by atoms with E-state index in [-0.39, 0.29) is 6.10 Å². The van der Waals surface area contributed by atoms with Crippen LogP contribution in [-0.4, -0.2) is 34.1 Å². The van der Waals surface area contributed by atoms with Gasteiger partial charge in [-0.1, -0.05) is 29.8 Å². The summed E-state index contributed by atoms with van der Waals surface area (Å²) in [6.07, 6.45) is 7.36.